The Hall–Kier alpha value is -2.07. The first-order chi connectivity index (χ1) is 10.1. The van der Waals surface area contributed by atoms with E-state index in [1.54, 1.807) is 13.1 Å². The number of nitrogens with zero attached hydrogens (tertiary/aromatic N) is 1. The minimum absolute atomic E-state index is 0.193. The molecule has 0 aliphatic rings. The van der Waals surface area contributed by atoms with Crippen LogP contribution in [0.15, 0.2) is 42.6 Å². The largest absolute Gasteiger partial charge is 0.373 e. The van der Waals surface area contributed by atoms with Crippen LogP contribution < -0.4 is 10.6 Å². The van der Waals surface area contributed by atoms with Gasteiger partial charge >= 0.3 is 0 Å². The number of rotatable bonds is 5. The Bertz CT molecular complexity index is 616. The lowest BCUT2D eigenvalue weighted by Gasteiger charge is -2.14. The van der Waals surface area contributed by atoms with E-state index in [2.05, 4.69) is 34.7 Å². The van der Waals surface area contributed by atoms with Crippen molar-refractivity contribution in [3.05, 3.63) is 58.7 Å². The highest BCUT2D eigenvalue weighted by Gasteiger charge is 2.13. The third kappa shape index (κ3) is 3.95. The van der Waals surface area contributed by atoms with Gasteiger partial charge in [0.15, 0.2) is 0 Å². The molecule has 1 amide bonds. The van der Waals surface area contributed by atoms with Crippen molar-refractivity contribution in [2.75, 3.05) is 18.9 Å². The van der Waals surface area contributed by atoms with Crippen LogP contribution in [-0.2, 0) is 0 Å². The molecular formula is C16H18ClN3O. The molecule has 0 radical (unpaired) electrons. The number of halogens is 1. The lowest BCUT2D eigenvalue weighted by Crippen LogP contribution is -2.27. The lowest BCUT2D eigenvalue weighted by molar-refractivity contribution is 0.0951. The van der Waals surface area contributed by atoms with Gasteiger partial charge in [-0.05, 0) is 17.5 Å². The Balaban J connectivity index is 2.02. The average Bonchev–Trinajstić information content (AvgIpc) is 2.53. The van der Waals surface area contributed by atoms with Crippen LogP contribution in [0.5, 0.6) is 0 Å². The molecule has 5 heteroatoms. The summed E-state index contributed by atoms with van der Waals surface area (Å²) in [4.78, 5) is 16.3. The molecule has 0 aliphatic heterocycles. The van der Waals surface area contributed by atoms with Crippen LogP contribution in [0.2, 0.25) is 5.02 Å². The highest BCUT2D eigenvalue weighted by Crippen LogP contribution is 2.18. The summed E-state index contributed by atoms with van der Waals surface area (Å²) in [6.07, 6.45) is 1.48. The van der Waals surface area contributed by atoms with Crippen molar-refractivity contribution in [2.45, 2.75) is 12.8 Å². The van der Waals surface area contributed by atoms with E-state index in [1.807, 2.05) is 18.2 Å². The van der Waals surface area contributed by atoms with Crippen LogP contribution in [-0.4, -0.2) is 24.5 Å². The SMILES string of the molecule is CNc1cc(C(=O)NCC(C)c2ccccc2)c(Cl)cn1. The molecule has 2 N–H and O–H groups in total. The van der Waals surface area contributed by atoms with Crippen molar-refractivity contribution >= 4 is 23.3 Å². The predicted octanol–water partition coefficient (Wildman–Crippen LogP) is 3.31. The second-order valence-corrected chi connectivity index (χ2v) is 5.23. The maximum absolute atomic E-state index is 12.2. The average molecular weight is 304 g/mol. The van der Waals surface area contributed by atoms with E-state index < -0.39 is 0 Å². The zero-order valence-electron chi connectivity index (χ0n) is 12.1. The number of carbonyl (C=O) groups excluding carboxylic acids is 1. The Morgan fingerprint density at radius 1 is 1.33 bits per heavy atom. The number of pyridine rings is 1. The summed E-state index contributed by atoms with van der Waals surface area (Å²) in [6.45, 7) is 2.62. The van der Waals surface area contributed by atoms with Gasteiger partial charge in [-0.3, -0.25) is 4.79 Å². The maximum Gasteiger partial charge on any atom is 0.253 e. The van der Waals surface area contributed by atoms with Gasteiger partial charge in [-0.1, -0.05) is 48.9 Å². The molecule has 0 bridgehead atoms. The number of benzene rings is 1. The van der Waals surface area contributed by atoms with Gasteiger partial charge in [0.25, 0.3) is 5.91 Å². The predicted molar refractivity (Wildman–Crippen MR) is 86.0 cm³/mol. The molecule has 1 aromatic heterocycles. The highest BCUT2D eigenvalue weighted by atomic mass is 35.5. The second kappa shape index (κ2) is 7.09. The van der Waals surface area contributed by atoms with Gasteiger partial charge in [-0.15, -0.1) is 0 Å². The number of amides is 1. The summed E-state index contributed by atoms with van der Waals surface area (Å²) in [6, 6.07) is 11.7. The van der Waals surface area contributed by atoms with Crippen molar-refractivity contribution in [2.24, 2.45) is 0 Å². The molecular weight excluding hydrogens is 286 g/mol. The molecule has 0 aliphatic carbocycles. The Kier molecular flexibility index (Phi) is 5.17. The molecule has 2 rings (SSSR count). The van der Waals surface area contributed by atoms with Gasteiger partial charge in [0.05, 0.1) is 10.6 Å². The fourth-order valence-electron chi connectivity index (χ4n) is 1.99. The van der Waals surface area contributed by atoms with Crippen LogP contribution in [0.25, 0.3) is 0 Å². The summed E-state index contributed by atoms with van der Waals surface area (Å²) in [7, 11) is 1.75. The molecule has 2 aromatic rings. The number of hydrogen-bond acceptors (Lipinski definition) is 3. The summed E-state index contributed by atoms with van der Waals surface area (Å²) < 4.78 is 0. The minimum atomic E-state index is -0.193. The Morgan fingerprint density at radius 2 is 2.05 bits per heavy atom. The van der Waals surface area contributed by atoms with Gasteiger partial charge in [0.2, 0.25) is 0 Å². The fraction of sp³-hybridized carbons (Fsp3) is 0.250. The fourth-order valence-corrected chi connectivity index (χ4v) is 2.18. The van der Waals surface area contributed by atoms with Crippen LogP contribution in [0.4, 0.5) is 5.82 Å². The normalized spacial score (nSPS) is 11.8. The van der Waals surface area contributed by atoms with Gasteiger partial charge in [0.1, 0.15) is 5.82 Å². The van der Waals surface area contributed by atoms with E-state index in [9.17, 15) is 4.79 Å². The standard InChI is InChI=1S/C16H18ClN3O/c1-11(12-6-4-3-5-7-12)9-20-16(21)13-8-15(18-2)19-10-14(13)17/h3-8,10-11H,9H2,1-2H3,(H,18,19)(H,20,21). The Labute approximate surface area is 129 Å². The summed E-state index contributed by atoms with van der Waals surface area (Å²) in [5.74, 6) is 0.655. The van der Waals surface area contributed by atoms with E-state index in [0.29, 0.717) is 22.9 Å². The Morgan fingerprint density at radius 3 is 2.71 bits per heavy atom. The third-order valence-corrected chi connectivity index (χ3v) is 3.59. The van der Waals surface area contributed by atoms with Gasteiger partial charge in [-0.25, -0.2) is 4.98 Å². The quantitative estimate of drug-likeness (QED) is 0.891. The van der Waals surface area contributed by atoms with E-state index in [4.69, 9.17) is 11.6 Å². The molecule has 4 nitrogen and oxygen atoms in total. The number of anilines is 1. The first-order valence-electron chi connectivity index (χ1n) is 6.78. The zero-order valence-corrected chi connectivity index (χ0v) is 12.8. The molecule has 0 saturated heterocycles. The van der Waals surface area contributed by atoms with Gasteiger partial charge in [0, 0.05) is 19.8 Å². The first kappa shape index (κ1) is 15.3. The van der Waals surface area contributed by atoms with E-state index in [-0.39, 0.29) is 11.8 Å². The van der Waals surface area contributed by atoms with E-state index >= 15 is 0 Å². The summed E-state index contributed by atoms with van der Waals surface area (Å²) in [5, 5.41) is 6.15. The molecule has 21 heavy (non-hydrogen) atoms. The smallest absolute Gasteiger partial charge is 0.253 e. The zero-order chi connectivity index (χ0) is 15.2. The molecule has 110 valence electrons. The molecule has 0 saturated carbocycles. The highest BCUT2D eigenvalue weighted by molar-refractivity contribution is 6.33. The molecule has 1 unspecified atom stereocenters. The molecule has 0 fully saturated rings. The van der Waals surface area contributed by atoms with Crippen LogP contribution in [0.1, 0.15) is 28.8 Å². The summed E-state index contributed by atoms with van der Waals surface area (Å²) >= 11 is 6.03. The first-order valence-corrected chi connectivity index (χ1v) is 7.16. The van der Waals surface area contributed by atoms with Crippen LogP contribution in [0, 0.1) is 0 Å². The number of aromatic nitrogens is 1. The van der Waals surface area contributed by atoms with Crippen molar-refractivity contribution in [1.82, 2.24) is 10.3 Å². The van der Waals surface area contributed by atoms with Crippen molar-refractivity contribution < 1.29 is 4.79 Å². The minimum Gasteiger partial charge on any atom is -0.373 e. The monoisotopic (exact) mass is 303 g/mol. The van der Waals surface area contributed by atoms with Gasteiger partial charge in [-0.2, -0.15) is 0 Å². The number of hydrogen-bond donors (Lipinski definition) is 2. The number of nitrogens with one attached hydrogen (secondary N) is 2. The van der Waals surface area contributed by atoms with Crippen molar-refractivity contribution in [1.29, 1.82) is 0 Å². The van der Waals surface area contributed by atoms with E-state index in [1.165, 1.54) is 11.8 Å². The van der Waals surface area contributed by atoms with Crippen LogP contribution in [0.3, 0.4) is 0 Å². The van der Waals surface area contributed by atoms with E-state index in [0.717, 1.165) is 0 Å². The molecule has 0 spiro atoms. The van der Waals surface area contributed by atoms with Crippen molar-refractivity contribution in [3.8, 4) is 0 Å². The number of carbonyl (C=O) groups is 1. The molecule has 1 atom stereocenters. The van der Waals surface area contributed by atoms with Crippen LogP contribution >= 0.6 is 11.6 Å². The lowest BCUT2D eigenvalue weighted by atomic mass is 10.0. The molecule has 1 heterocycles. The summed E-state index contributed by atoms with van der Waals surface area (Å²) in [5.41, 5.74) is 1.62. The maximum atomic E-state index is 12.2. The van der Waals surface area contributed by atoms with Crippen molar-refractivity contribution in [3.63, 3.8) is 0 Å². The molecule has 1 aromatic carbocycles. The van der Waals surface area contributed by atoms with Gasteiger partial charge < -0.3 is 10.6 Å². The third-order valence-electron chi connectivity index (χ3n) is 3.29. The topological polar surface area (TPSA) is 54.0 Å². The second-order valence-electron chi connectivity index (χ2n) is 4.82.